The second kappa shape index (κ2) is 16.5. The summed E-state index contributed by atoms with van der Waals surface area (Å²) in [5.74, 6) is 4.99. The highest BCUT2D eigenvalue weighted by molar-refractivity contribution is 6.03. The Kier molecular flexibility index (Phi) is 11.8. The highest BCUT2D eigenvalue weighted by Gasteiger charge is 2.40. The Morgan fingerprint density at radius 2 is 1.79 bits per heavy atom. The minimum atomic E-state index is -0.314. The third kappa shape index (κ3) is 7.68. The van der Waals surface area contributed by atoms with Gasteiger partial charge < -0.3 is 15.1 Å². The van der Waals surface area contributed by atoms with Gasteiger partial charge in [0.2, 0.25) is 0 Å². The van der Waals surface area contributed by atoms with E-state index in [1.54, 1.807) is 0 Å². The molecular formula is C45H55FN6. The van der Waals surface area contributed by atoms with Crippen LogP contribution in [0.1, 0.15) is 76.2 Å². The molecule has 0 saturated carbocycles. The third-order valence-electron chi connectivity index (χ3n) is 11.4. The van der Waals surface area contributed by atoms with Crippen LogP contribution < -0.4 is 10.2 Å². The van der Waals surface area contributed by atoms with Crippen molar-refractivity contribution in [3.63, 3.8) is 0 Å². The van der Waals surface area contributed by atoms with E-state index >= 15 is 4.39 Å². The number of allylic oxidation sites excluding steroid dienone is 1. The fraction of sp³-hybridized carbons (Fsp3) is 0.467. The average molecular weight is 699 g/mol. The molecule has 4 atom stereocenters. The van der Waals surface area contributed by atoms with Crippen molar-refractivity contribution in [3.05, 3.63) is 77.5 Å². The minimum absolute atomic E-state index is 0.314. The molecule has 272 valence electrons. The first-order chi connectivity index (χ1) is 25.2. The SMILES string of the molecule is C#C.C#Cc1cccc2cc(C)cc(-c3ccc4c(N5CC6CCC(C5)N6CCCNC(=C)C)nc(CC)nc4c3F)c12.CC1CC2CCCN2C1. The smallest absolute Gasteiger partial charge is 0.157 e. The van der Waals surface area contributed by atoms with E-state index in [2.05, 4.69) is 58.4 Å². The summed E-state index contributed by atoms with van der Waals surface area (Å²) < 4.78 is 16.6. The van der Waals surface area contributed by atoms with Gasteiger partial charge in [0, 0.05) is 84.9 Å². The number of hydrogen-bond donors (Lipinski definition) is 1. The first-order valence-electron chi connectivity index (χ1n) is 19.2. The summed E-state index contributed by atoms with van der Waals surface area (Å²) in [6, 6.07) is 15.9. The van der Waals surface area contributed by atoms with Crippen molar-refractivity contribution in [1.29, 1.82) is 0 Å². The number of benzene rings is 3. The van der Waals surface area contributed by atoms with Gasteiger partial charge in [-0.15, -0.1) is 19.3 Å². The first-order valence-corrected chi connectivity index (χ1v) is 19.2. The van der Waals surface area contributed by atoms with Crippen LogP contribution in [0.3, 0.4) is 0 Å². The van der Waals surface area contributed by atoms with Crippen molar-refractivity contribution in [2.24, 2.45) is 5.92 Å². The maximum Gasteiger partial charge on any atom is 0.157 e. The summed E-state index contributed by atoms with van der Waals surface area (Å²) in [5.41, 5.74) is 4.55. The molecule has 3 aromatic carbocycles. The molecule has 1 aromatic heterocycles. The van der Waals surface area contributed by atoms with Gasteiger partial charge in [0.15, 0.2) is 5.82 Å². The van der Waals surface area contributed by atoms with E-state index in [4.69, 9.17) is 16.4 Å². The predicted octanol–water partition coefficient (Wildman–Crippen LogP) is 8.35. The Balaban J connectivity index is 0.000000361. The lowest BCUT2D eigenvalue weighted by atomic mass is 9.92. The molecule has 7 heteroatoms. The number of halogens is 1. The largest absolute Gasteiger partial charge is 0.389 e. The van der Waals surface area contributed by atoms with Crippen molar-refractivity contribution in [2.75, 3.05) is 44.2 Å². The van der Waals surface area contributed by atoms with Crippen LogP contribution in [-0.2, 0) is 6.42 Å². The zero-order chi connectivity index (χ0) is 36.9. The zero-order valence-electron chi connectivity index (χ0n) is 31.6. The van der Waals surface area contributed by atoms with Crippen LogP contribution in [0.4, 0.5) is 10.2 Å². The fourth-order valence-electron chi connectivity index (χ4n) is 9.14. The van der Waals surface area contributed by atoms with Gasteiger partial charge in [-0.2, -0.15) is 0 Å². The molecule has 0 amide bonds. The topological polar surface area (TPSA) is 47.5 Å². The lowest BCUT2D eigenvalue weighted by Gasteiger charge is -2.42. The van der Waals surface area contributed by atoms with Gasteiger partial charge >= 0.3 is 0 Å². The van der Waals surface area contributed by atoms with Crippen LogP contribution in [0.2, 0.25) is 0 Å². The second-order valence-corrected chi connectivity index (χ2v) is 15.2. The molecule has 4 aliphatic rings. The molecule has 6 nitrogen and oxygen atoms in total. The molecule has 5 heterocycles. The molecule has 4 unspecified atom stereocenters. The maximum atomic E-state index is 16.6. The number of aromatic nitrogens is 2. The lowest BCUT2D eigenvalue weighted by molar-refractivity contribution is 0.167. The van der Waals surface area contributed by atoms with Gasteiger partial charge in [-0.3, -0.25) is 4.90 Å². The Morgan fingerprint density at radius 1 is 1.02 bits per heavy atom. The van der Waals surface area contributed by atoms with Gasteiger partial charge in [0.1, 0.15) is 17.2 Å². The molecule has 4 fully saturated rings. The Hall–Kier alpha value is -4.43. The highest BCUT2D eigenvalue weighted by atomic mass is 19.1. The van der Waals surface area contributed by atoms with Crippen molar-refractivity contribution < 1.29 is 4.39 Å². The molecule has 4 aliphatic heterocycles. The first kappa shape index (κ1) is 37.3. The molecule has 0 spiro atoms. The highest BCUT2D eigenvalue weighted by Crippen LogP contribution is 2.39. The molecule has 4 aromatic rings. The van der Waals surface area contributed by atoms with Crippen LogP contribution in [0.15, 0.2) is 54.7 Å². The van der Waals surface area contributed by atoms with Gasteiger partial charge in [0.25, 0.3) is 0 Å². The Bertz CT molecular complexity index is 1950. The van der Waals surface area contributed by atoms with Crippen molar-refractivity contribution >= 4 is 27.5 Å². The minimum Gasteiger partial charge on any atom is -0.389 e. The Labute approximate surface area is 310 Å². The van der Waals surface area contributed by atoms with Crippen LogP contribution >= 0.6 is 0 Å². The number of aryl methyl sites for hydroxylation is 2. The van der Waals surface area contributed by atoms with E-state index in [1.165, 1.54) is 45.2 Å². The number of piperazine rings is 1. The number of nitrogens with one attached hydrogen (secondary N) is 1. The Morgan fingerprint density at radius 3 is 2.48 bits per heavy atom. The van der Waals surface area contributed by atoms with Gasteiger partial charge in [-0.25, -0.2) is 14.4 Å². The zero-order valence-corrected chi connectivity index (χ0v) is 31.6. The average Bonchev–Trinajstić information content (AvgIpc) is 3.80. The van der Waals surface area contributed by atoms with Crippen LogP contribution in [0.25, 0.3) is 32.8 Å². The number of anilines is 1. The van der Waals surface area contributed by atoms with Crippen LogP contribution in [0.5, 0.6) is 0 Å². The van der Waals surface area contributed by atoms with Crippen molar-refractivity contribution in [1.82, 2.24) is 25.1 Å². The van der Waals surface area contributed by atoms with Gasteiger partial charge in [-0.1, -0.05) is 56.7 Å². The van der Waals surface area contributed by atoms with Gasteiger partial charge in [-0.05, 0) is 93.5 Å². The summed E-state index contributed by atoms with van der Waals surface area (Å²) in [6.45, 7) is 19.0. The number of fused-ring (bicyclic) bond motifs is 5. The number of nitrogens with zero attached hydrogens (tertiary/aromatic N) is 5. The molecular weight excluding hydrogens is 644 g/mol. The molecule has 4 saturated heterocycles. The van der Waals surface area contributed by atoms with E-state index < -0.39 is 0 Å². The van der Waals surface area contributed by atoms with Crippen LogP contribution in [0, 0.1) is 43.8 Å². The monoisotopic (exact) mass is 698 g/mol. The molecule has 52 heavy (non-hydrogen) atoms. The summed E-state index contributed by atoms with van der Waals surface area (Å²) >= 11 is 0. The van der Waals surface area contributed by atoms with E-state index in [-0.39, 0.29) is 5.82 Å². The maximum absolute atomic E-state index is 16.6. The predicted molar refractivity (Wildman–Crippen MR) is 216 cm³/mol. The summed E-state index contributed by atoms with van der Waals surface area (Å²) in [7, 11) is 0. The van der Waals surface area contributed by atoms with E-state index in [0.29, 0.717) is 35.4 Å². The quantitative estimate of drug-likeness (QED) is 0.148. The molecule has 1 N–H and O–H groups in total. The van der Waals surface area contributed by atoms with Crippen molar-refractivity contribution in [3.8, 4) is 36.3 Å². The lowest BCUT2D eigenvalue weighted by Crippen LogP contribution is -2.54. The van der Waals surface area contributed by atoms with Gasteiger partial charge in [0.05, 0.1) is 0 Å². The number of rotatable bonds is 8. The second-order valence-electron chi connectivity index (χ2n) is 15.2. The number of hydrogen-bond acceptors (Lipinski definition) is 6. The van der Waals surface area contributed by atoms with Crippen LogP contribution in [-0.4, -0.2) is 77.2 Å². The normalized spacial score (nSPS) is 22.3. The molecule has 2 bridgehead atoms. The summed E-state index contributed by atoms with van der Waals surface area (Å²) in [4.78, 5) is 17.4. The molecule has 0 radical (unpaired) electrons. The van der Waals surface area contributed by atoms with E-state index in [9.17, 15) is 0 Å². The molecule has 0 aliphatic carbocycles. The van der Waals surface area contributed by atoms with E-state index in [1.807, 2.05) is 57.2 Å². The number of terminal acetylenes is 2. The molecule has 8 rings (SSSR count). The summed E-state index contributed by atoms with van der Waals surface area (Å²) in [6.07, 6.45) is 22.4. The van der Waals surface area contributed by atoms with Crippen molar-refractivity contribution in [2.45, 2.75) is 90.8 Å². The third-order valence-corrected chi connectivity index (χ3v) is 11.4. The fourth-order valence-corrected chi connectivity index (χ4v) is 9.14. The standard InChI is InChI=1S/C35H38FN5.C8H15N.C2H2/c1-6-24-10-8-11-25-18-23(5)19-30(32(24)25)28-14-15-29-34(33(28)36)38-31(7-2)39-35(29)40-20-26-12-13-27(21-40)41(26)17-9-16-37-22(3)4;1-7-5-8-3-2-4-9(8)6-7;1-2/h1,8,10-11,14-15,18-19,26-27,37H,3,7,9,12-13,16-17,20-21H2,2,4-5H3;7-8H,2-6H2,1H3;1-2H. The van der Waals surface area contributed by atoms with E-state index in [0.717, 1.165) is 88.9 Å². The summed E-state index contributed by atoms with van der Waals surface area (Å²) in [5, 5.41) is 6.03.